The number of benzene rings is 1. The van der Waals surface area contributed by atoms with Gasteiger partial charge in [0, 0.05) is 5.69 Å². The summed E-state index contributed by atoms with van der Waals surface area (Å²) < 4.78 is 43.8. The van der Waals surface area contributed by atoms with Gasteiger partial charge in [-0.2, -0.15) is 18.3 Å². The Balaban J connectivity index is 2.04. The van der Waals surface area contributed by atoms with Crippen molar-refractivity contribution >= 4 is 11.8 Å². The van der Waals surface area contributed by atoms with Crippen LogP contribution < -0.4 is 10.5 Å². The van der Waals surface area contributed by atoms with Crippen LogP contribution in [0.2, 0.25) is 0 Å². The molecule has 2 N–H and O–H groups in total. The first-order valence-electron chi connectivity index (χ1n) is 7.00. The number of carbonyl (C=O) groups is 1. The maximum atomic E-state index is 12.6. The quantitative estimate of drug-likeness (QED) is 0.384. The number of ether oxygens (including phenoxy) is 1. The Morgan fingerprint density at radius 1 is 1.36 bits per heavy atom. The number of halogens is 3. The average molecular weight is 356 g/mol. The minimum atomic E-state index is -4.55. The molecule has 0 unspecified atom stereocenters. The molecule has 1 heterocycles. The summed E-state index contributed by atoms with van der Waals surface area (Å²) in [5.41, 5.74) is 4.97. The van der Waals surface area contributed by atoms with Crippen molar-refractivity contribution < 1.29 is 27.5 Å². The number of amidine groups is 1. The van der Waals surface area contributed by atoms with Crippen molar-refractivity contribution in [2.24, 2.45) is 10.9 Å². The van der Waals surface area contributed by atoms with Gasteiger partial charge in [0.2, 0.25) is 0 Å². The van der Waals surface area contributed by atoms with E-state index >= 15 is 0 Å². The number of oxime groups is 1. The van der Waals surface area contributed by atoms with Gasteiger partial charge in [0.05, 0.1) is 12.7 Å². The molecule has 0 spiro atoms. The largest absolute Gasteiger partial charge is 0.497 e. The van der Waals surface area contributed by atoms with Gasteiger partial charge in [-0.1, -0.05) is 11.2 Å². The highest BCUT2D eigenvalue weighted by molar-refractivity contribution is 5.90. The summed E-state index contributed by atoms with van der Waals surface area (Å²) in [6.07, 6.45) is -4.55. The second kappa shape index (κ2) is 7.24. The molecule has 0 saturated heterocycles. The number of alkyl halides is 3. The molecule has 2 rings (SSSR count). The molecule has 0 atom stereocenters. The van der Waals surface area contributed by atoms with Crippen molar-refractivity contribution in [2.45, 2.75) is 19.6 Å². The Labute approximate surface area is 140 Å². The van der Waals surface area contributed by atoms with Gasteiger partial charge in [0.1, 0.15) is 12.3 Å². The van der Waals surface area contributed by atoms with E-state index in [-0.39, 0.29) is 23.6 Å². The van der Waals surface area contributed by atoms with Gasteiger partial charge in [-0.05, 0) is 31.2 Å². The van der Waals surface area contributed by atoms with E-state index < -0.39 is 17.8 Å². The van der Waals surface area contributed by atoms with E-state index in [9.17, 15) is 18.0 Å². The van der Waals surface area contributed by atoms with Crippen LogP contribution in [0.5, 0.6) is 5.75 Å². The van der Waals surface area contributed by atoms with Crippen molar-refractivity contribution in [1.29, 1.82) is 0 Å². The van der Waals surface area contributed by atoms with Crippen molar-refractivity contribution in [2.75, 3.05) is 7.11 Å². The minimum Gasteiger partial charge on any atom is -0.497 e. The van der Waals surface area contributed by atoms with Crippen LogP contribution in [-0.4, -0.2) is 28.7 Å². The zero-order valence-electron chi connectivity index (χ0n) is 13.4. The van der Waals surface area contributed by atoms with Crippen LogP contribution in [-0.2, 0) is 17.6 Å². The highest BCUT2D eigenvalue weighted by atomic mass is 19.4. The Bertz CT molecular complexity index is 800. The second-order valence-electron chi connectivity index (χ2n) is 5.02. The topological polar surface area (TPSA) is 91.7 Å². The maximum Gasteiger partial charge on any atom is 0.435 e. The molecule has 0 aliphatic carbocycles. The summed E-state index contributed by atoms with van der Waals surface area (Å²) in [5, 5.41) is 6.83. The molecule has 2 aromatic rings. The molecule has 25 heavy (non-hydrogen) atoms. The smallest absolute Gasteiger partial charge is 0.435 e. The van der Waals surface area contributed by atoms with Gasteiger partial charge in [0.25, 0.3) is 0 Å². The molecule has 10 heteroatoms. The lowest BCUT2D eigenvalue weighted by Gasteiger charge is -2.05. The fraction of sp³-hybridized carbons (Fsp3) is 0.267. The number of carbonyl (C=O) groups excluding carboxylic acids is 1. The number of rotatable bonds is 5. The van der Waals surface area contributed by atoms with Crippen LogP contribution in [0, 0.1) is 6.92 Å². The van der Waals surface area contributed by atoms with Crippen LogP contribution in [0.3, 0.4) is 0 Å². The van der Waals surface area contributed by atoms with Crippen molar-refractivity contribution in [1.82, 2.24) is 9.78 Å². The molecule has 0 aliphatic heterocycles. The summed E-state index contributed by atoms with van der Waals surface area (Å²) in [6.45, 7) is 1.19. The Kier molecular flexibility index (Phi) is 5.30. The van der Waals surface area contributed by atoms with E-state index in [1.807, 2.05) is 0 Å². The van der Waals surface area contributed by atoms with E-state index in [1.54, 1.807) is 12.1 Å². The lowest BCUT2D eigenvalue weighted by molar-refractivity contribution is -0.141. The molecule has 0 bridgehead atoms. The monoisotopic (exact) mass is 356 g/mol. The Hall–Kier alpha value is -3.04. The number of hydrogen-bond acceptors (Lipinski definition) is 5. The fourth-order valence-electron chi connectivity index (χ4n) is 1.89. The third-order valence-corrected chi connectivity index (χ3v) is 3.13. The first-order valence-corrected chi connectivity index (χ1v) is 7.00. The van der Waals surface area contributed by atoms with Crippen LogP contribution >= 0.6 is 0 Å². The molecule has 1 aromatic heterocycles. The van der Waals surface area contributed by atoms with E-state index in [4.69, 9.17) is 10.5 Å². The van der Waals surface area contributed by atoms with E-state index in [2.05, 4.69) is 15.1 Å². The van der Waals surface area contributed by atoms with Gasteiger partial charge in [-0.15, -0.1) is 0 Å². The molecule has 7 nitrogen and oxygen atoms in total. The van der Waals surface area contributed by atoms with Crippen molar-refractivity contribution in [3.63, 3.8) is 0 Å². The van der Waals surface area contributed by atoms with Gasteiger partial charge < -0.3 is 15.3 Å². The Morgan fingerprint density at radius 2 is 2.08 bits per heavy atom. The van der Waals surface area contributed by atoms with E-state index in [1.165, 1.54) is 26.2 Å². The third kappa shape index (κ3) is 4.72. The van der Waals surface area contributed by atoms with E-state index in [0.29, 0.717) is 5.75 Å². The number of aryl methyl sites for hydroxylation is 1. The fourth-order valence-corrected chi connectivity index (χ4v) is 1.89. The third-order valence-electron chi connectivity index (χ3n) is 3.13. The molecule has 134 valence electrons. The summed E-state index contributed by atoms with van der Waals surface area (Å²) >= 11 is 0. The number of hydrogen-bond donors (Lipinski definition) is 1. The summed E-state index contributed by atoms with van der Waals surface area (Å²) in [5.74, 6) is -0.538. The molecule has 0 aliphatic rings. The summed E-state index contributed by atoms with van der Waals surface area (Å²) in [7, 11) is 1.45. The first-order chi connectivity index (χ1) is 11.7. The molecule has 1 aromatic carbocycles. The SMILES string of the molecule is COc1cccc(C(=O)O/N=C(/N)Cn2nc(C(F)(F)F)cc2C)c1. The van der Waals surface area contributed by atoms with Gasteiger partial charge in [-0.3, -0.25) is 4.68 Å². The van der Waals surface area contributed by atoms with Gasteiger partial charge >= 0.3 is 12.1 Å². The zero-order chi connectivity index (χ0) is 18.6. The molecular formula is C15H15F3N4O3. The first kappa shape index (κ1) is 18.3. The van der Waals surface area contributed by atoms with Crippen molar-refractivity contribution in [3.8, 4) is 5.75 Å². The summed E-state index contributed by atoms with van der Waals surface area (Å²) in [4.78, 5) is 16.5. The van der Waals surface area contributed by atoms with Crippen LogP contribution in [0.15, 0.2) is 35.5 Å². The Morgan fingerprint density at radius 3 is 2.68 bits per heavy atom. The highest BCUT2D eigenvalue weighted by Crippen LogP contribution is 2.28. The minimum absolute atomic E-state index is 0.186. The van der Waals surface area contributed by atoms with Crippen LogP contribution in [0.1, 0.15) is 21.7 Å². The number of methoxy groups -OCH3 is 1. The zero-order valence-corrected chi connectivity index (χ0v) is 13.4. The van der Waals surface area contributed by atoms with Crippen LogP contribution in [0.25, 0.3) is 0 Å². The molecular weight excluding hydrogens is 341 g/mol. The maximum absolute atomic E-state index is 12.6. The van der Waals surface area contributed by atoms with Crippen LogP contribution in [0.4, 0.5) is 13.2 Å². The molecule has 0 fully saturated rings. The van der Waals surface area contributed by atoms with E-state index in [0.717, 1.165) is 10.7 Å². The molecule has 0 radical (unpaired) electrons. The summed E-state index contributed by atoms with van der Waals surface area (Å²) in [6, 6.07) is 7.06. The second-order valence-corrected chi connectivity index (χ2v) is 5.02. The van der Waals surface area contributed by atoms with Gasteiger partial charge in [0.15, 0.2) is 11.5 Å². The molecule has 0 saturated carbocycles. The lowest BCUT2D eigenvalue weighted by atomic mass is 10.2. The number of nitrogens with zero attached hydrogens (tertiary/aromatic N) is 3. The predicted molar refractivity (Wildman–Crippen MR) is 82.0 cm³/mol. The number of nitrogens with two attached hydrogens (primary N) is 1. The molecule has 0 amide bonds. The average Bonchev–Trinajstić information content (AvgIpc) is 2.93. The number of aromatic nitrogens is 2. The predicted octanol–water partition coefficient (Wildman–Crippen LogP) is 2.35. The standard InChI is InChI=1S/C15H15F3N4O3/c1-9-6-12(15(16,17)18)20-22(9)8-13(19)21-25-14(23)10-4-3-5-11(7-10)24-2/h3-7H,8H2,1-2H3,(H2,19,21). The highest BCUT2D eigenvalue weighted by Gasteiger charge is 2.34. The normalized spacial score (nSPS) is 12.1. The van der Waals surface area contributed by atoms with Crippen molar-refractivity contribution in [3.05, 3.63) is 47.3 Å². The van der Waals surface area contributed by atoms with Gasteiger partial charge in [-0.25, -0.2) is 4.79 Å². The lowest BCUT2D eigenvalue weighted by Crippen LogP contribution is -2.22.